The van der Waals surface area contributed by atoms with Crippen molar-refractivity contribution < 1.29 is 5.11 Å². The van der Waals surface area contributed by atoms with Crippen LogP contribution in [0, 0.1) is 0 Å². The molecule has 49 heavy (non-hydrogen) atoms. The molecule has 0 bridgehead atoms. The lowest BCUT2D eigenvalue weighted by Gasteiger charge is -2.35. The van der Waals surface area contributed by atoms with Crippen molar-refractivity contribution in [2.24, 2.45) is 0 Å². The van der Waals surface area contributed by atoms with Crippen LogP contribution >= 0.6 is 0 Å². The van der Waals surface area contributed by atoms with Crippen LogP contribution in [-0.4, -0.2) is 5.11 Å². The molecule has 0 aromatic heterocycles. The molecule has 0 heterocycles. The monoisotopic (exact) mass is 659 g/mol. The number of benzene rings is 4. The number of phenols is 1. The van der Waals surface area contributed by atoms with E-state index < -0.39 is 0 Å². The fourth-order valence-corrected chi connectivity index (χ4v) is 9.13. The lowest BCUT2D eigenvalue weighted by molar-refractivity contribution is 0.449. The van der Waals surface area contributed by atoms with Crippen molar-refractivity contribution >= 4 is 0 Å². The van der Waals surface area contributed by atoms with Gasteiger partial charge in [-0.15, -0.1) is 0 Å². The van der Waals surface area contributed by atoms with Crippen LogP contribution in [0.2, 0.25) is 0 Å². The number of rotatable bonds is 15. The lowest BCUT2D eigenvalue weighted by Crippen LogP contribution is -2.19. The Bertz CT molecular complexity index is 1690. The van der Waals surface area contributed by atoms with E-state index in [1.807, 2.05) is 6.07 Å². The fourth-order valence-electron chi connectivity index (χ4n) is 9.13. The van der Waals surface area contributed by atoms with Crippen LogP contribution in [0.15, 0.2) is 66.7 Å². The summed E-state index contributed by atoms with van der Waals surface area (Å²) in [6.07, 6.45) is 6.28. The van der Waals surface area contributed by atoms with E-state index >= 15 is 0 Å². The van der Waals surface area contributed by atoms with Gasteiger partial charge in [-0.2, -0.15) is 0 Å². The van der Waals surface area contributed by atoms with Crippen LogP contribution in [0.3, 0.4) is 0 Å². The van der Waals surface area contributed by atoms with Crippen molar-refractivity contribution in [2.75, 3.05) is 0 Å². The average molecular weight is 659 g/mol. The Labute approximate surface area is 300 Å². The average Bonchev–Trinajstić information content (AvgIpc) is 3.14. The molecular weight excluding hydrogens is 593 g/mol. The van der Waals surface area contributed by atoms with E-state index in [-0.39, 0.29) is 23.7 Å². The van der Waals surface area contributed by atoms with E-state index in [1.165, 1.54) is 61.2 Å². The summed E-state index contributed by atoms with van der Waals surface area (Å²) >= 11 is 0. The molecule has 0 fully saturated rings. The summed E-state index contributed by atoms with van der Waals surface area (Å²) in [4.78, 5) is 0. The minimum absolute atomic E-state index is 0.145. The van der Waals surface area contributed by atoms with Gasteiger partial charge in [0.25, 0.3) is 0 Å². The molecule has 264 valence electrons. The lowest BCUT2D eigenvalue weighted by atomic mass is 9.69. The van der Waals surface area contributed by atoms with Crippen molar-refractivity contribution in [1.82, 2.24) is 0 Å². The maximum Gasteiger partial charge on any atom is 0.119 e. The van der Waals surface area contributed by atoms with Crippen molar-refractivity contribution in [1.29, 1.82) is 0 Å². The predicted octanol–water partition coefficient (Wildman–Crippen LogP) is 13.5. The third kappa shape index (κ3) is 7.57. The summed E-state index contributed by atoms with van der Waals surface area (Å²) in [7, 11) is 0. The van der Waals surface area contributed by atoms with E-state index in [4.69, 9.17) is 0 Å². The molecular formula is C48H66O. The Kier molecular flexibility index (Phi) is 13.4. The van der Waals surface area contributed by atoms with Crippen molar-refractivity contribution in [3.05, 3.63) is 133 Å². The van der Waals surface area contributed by atoms with Gasteiger partial charge in [0, 0.05) is 5.56 Å². The molecule has 0 aliphatic heterocycles. The van der Waals surface area contributed by atoms with E-state index in [0.29, 0.717) is 17.6 Å². The first-order valence-electron chi connectivity index (χ1n) is 19.7. The zero-order valence-electron chi connectivity index (χ0n) is 33.0. The van der Waals surface area contributed by atoms with Gasteiger partial charge in [-0.1, -0.05) is 144 Å². The molecule has 1 nitrogen and oxygen atoms in total. The van der Waals surface area contributed by atoms with Crippen LogP contribution in [0.5, 0.6) is 5.75 Å². The van der Waals surface area contributed by atoms with Crippen LogP contribution in [0.25, 0.3) is 0 Å². The Hall–Kier alpha value is -3.32. The van der Waals surface area contributed by atoms with Gasteiger partial charge in [-0.3, -0.25) is 0 Å². The van der Waals surface area contributed by atoms with E-state index in [2.05, 4.69) is 144 Å². The summed E-state index contributed by atoms with van der Waals surface area (Å²) in [6.45, 7) is 28.2. The standard InChI is InChI=1S/C48H66O/c1-13-36-22-19-25-42(39(36)16-4)30(7)31(8)45-28-29-46(49)48(35(12)33(10)44-27-21-24-38(15-3)41(44)18-6)47(45)34(11)32(9)43-26-20-23-37(14-2)40(43)17-5/h19-35,49H,13-18H2,1-12H3. The van der Waals surface area contributed by atoms with Crippen molar-refractivity contribution in [3.8, 4) is 5.75 Å². The first-order valence-corrected chi connectivity index (χ1v) is 19.7. The second-order valence-corrected chi connectivity index (χ2v) is 14.8. The highest BCUT2D eigenvalue weighted by Crippen LogP contribution is 2.50. The third-order valence-corrected chi connectivity index (χ3v) is 12.6. The highest BCUT2D eigenvalue weighted by atomic mass is 16.3. The molecule has 0 amide bonds. The molecule has 0 spiro atoms. The van der Waals surface area contributed by atoms with Gasteiger partial charge >= 0.3 is 0 Å². The molecule has 6 atom stereocenters. The Balaban J connectivity index is 1.96. The highest BCUT2D eigenvalue weighted by molar-refractivity contribution is 5.54. The topological polar surface area (TPSA) is 20.2 Å². The minimum atomic E-state index is 0.145. The quantitative estimate of drug-likeness (QED) is 0.135. The zero-order valence-corrected chi connectivity index (χ0v) is 33.0. The summed E-state index contributed by atoms with van der Waals surface area (Å²) < 4.78 is 0. The summed E-state index contributed by atoms with van der Waals surface area (Å²) in [5.41, 5.74) is 17.2. The first kappa shape index (κ1) is 38.5. The molecule has 0 radical (unpaired) electrons. The van der Waals surface area contributed by atoms with Gasteiger partial charge in [0.2, 0.25) is 0 Å². The van der Waals surface area contributed by atoms with E-state index in [0.717, 1.165) is 44.1 Å². The van der Waals surface area contributed by atoms with Crippen LogP contribution in [0.4, 0.5) is 0 Å². The summed E-state index contributed by atoms with van der Waals surface area (Å²) in [6, 6.07) is 25.0. The minimum Gasteiger partial charge on any atom is -0.508 e. The number of aromatic hydroxyl groups is 1. The molecule has 0 saturated carbocycles. The number of hydrogen-bond donors (Lipinski definition) is 1. The Morgan fingerprint density at radius 1 is 0.367 bits per heavy atom. The molecule has 0 saturated heterocycles. The number of hydrogen-bond acceptors (Lipinski definition) is 1. The number of aryl methyl sites for hydroxylation is 3. The Morgan fingerprint density at radius 3 is 1.04 bits per heavy atom. The molecule has 1 N–H and O–H groups in total. The van der Waals surface area contributed by atoms with Gasteiger partial charge in [-0.05, 0) is 141 Å². The molecule has 4 rings (SSSR count). The summed E-state index contributed by atoms with van der Waals surface area (Å²) in [5, 5.41) is 12.0. The maximum atomic E-state index is 12.0. The fraction of sp³-hybridized carbons (Fsp3) is 0.500. The van der Waals surface area contributed by atoms with Crippen LogP contribution in [0.1, 0.15) is 185 Å². The van der Waals surface area contributed by atoms with Crippen molar-refractivity contribution in [2.45, 2.75) is 157 Å². The van der Waals surface area contributed by atoms with Gasteiger partial charge in [0.1, 0.15) is 5.75 Å². The second-order valence-electron chi connectivity index (χ2n) is 14.8. The predicted molar refractivity (Wildman–Crippen MR) is 214 cm³/mol. The summed E-state index contributed by atoms with van der Waals surface area (Å²) in [5.74, 6) is 2.00. The molecule has 0 aliphatic rings. The zero-order chi connectivity index (χ0) is 36.0. The van der Waals surface area contributed by atoms with E-state index in [9.17, 15) is 5.11 Å². The van der Waals surface area contributed by atoms with Gasteiger partial charge in [0.05, 0.1) is 0 Å². The molecule has 4 aromatic carbocycles. The van der Waals surface area contributed by atoms with Gasteiger partial charge < -0.3 is 5.11 Å². The van der Waals surface area contributed by atoms with Crippen molar-refractivity contribution in [3.63, 3.8) is 0 Å². The largest absolute Gasteiger partial charge is 0.508 e. The molecule has 6 unspecified atom stereocenters. The van der Waals surface area contributed by atoms with Crippen LogP contribution in [-0.2, 0) is 38.5 Å². The molecule has 1 heteroatoms. The third-order valence-electron chi connectivity index (χ3n) is 12.6. The second kappa shape index (κ2) is 17.1. The molecule has 4 aromatic rings. The normalized spacial score (nSPS) is 15.4. The Morgan fingerprint density at radius 2 is 0.694 bits per heavy atom. The SMILES string of the molecule is CCc1cccc(C(C)C(C)c2ccc(O)c(C(C)C(C)c3cccc(CC)c3CC)c2C(C)C(C)c2cccc(CC)c2CC)c1CC. The van der Waals surface area contributed by atoms with Gasteiger partial charge in [-0.25, -0.2) is 0 Å². The first-order chi connectivity index (χ1) is 23.5. The molecule has 0 aliphatic carbocycles. The van der Waals surface area contributed by atoms with Gasteiger partial charge in [0.15, 0.2) is 0 Å². The highest BCUT2D eigenvalue weighted by Gasteiger charge is 2.33. The maximum absolute atomic E-state index is 12.0. The smallest absolute Gasteiger partial charge is 0.119 e. The number of phenolic OH excluding ortho intramolecular Hbond substituents is 1. The van der Waals surface area contributed by atoms with E-state index in [1.54, 1.807) is 0 Å². The van der Waals surface area contributed by atoms with Crippen LogP contribution < -0.4 is 0 Å².